The molecule has 1 aliphatic carbocycles. The van der Waals surface area contributed by atoms with Gasteiger partial charge in [-0.2, -0.15) is 0 Å². The van der Waals surface area contributed by atoms with Crippen molar-refractivity contribution in [2.45, 2.75) is 51.7 Å². The Morgan fingerprint density at radius 1 is 1.30 bits per heavy atom. The van der Waals surface area contributed by atoms with E-state index in [4.69, 9.17) is 4.74 Å². The number of hydrogen-bond donors (Lipinski definition) is 1. The lowest BCUT2D eigenvalue weighted by Gasteiger charge is -2.35. The van der Waals surface area contributed by atoms with E-state index in [1.54, 1.807) is 6.33 Å². The summed E-state index contributed by atoms with van der Waals surface area (Å²) in [5.74, 6) is 2.18. The lowest BCUT2D eigenvalue weighted by Crippen LogP contribution is -2.44. The number of ether oxygens (including phenoxy) is 1. The van der Waals surface area contributed by atoms with Gasteiger partial charge in [0, 0.05) is 32.4 Å². The summed E-state index contributed by atoms with van der Waals surface area (Å²) in [5, 5.41) is 1.06. The van der Waals surface area contributed by atoms with Crippen molar-refractivity contribution >= 4 is 22.9 Å². The van der Waals surface area contributed by atoms with E-state index in [1.165, 1.54) is 0 Å². The Morgan fingerprint density at radius 3 is 2.85 bits per heavy atom. The molecule has 1 aliphatic heterocycles. The molecule has 1 unspecified atom stereocenters. The predicted molar refractivity (Wildman–Crippen MR) is 105 cm³/mol. The van der Waals surface area contributed by atoms with Gasteiger partial charge in [0.2, 0.25) is 0 Å². The lowest BCUT2D eigenvalue weighted by molar-refractivity contribution is 0.0127. The molecular formula is C20H29N5O2. The molecule has 3 heterocycles. The number of amides is 1. The first-order chi connectivity index (χ1) is 12.8. The van der Waals surface area contributed by atoms with E-state index in [1.807, 2.05) is 37.9 Å². The minimum atomic E-state index is -0.443. The second kappa shape index (κ2) is 6.69. The monoisotopic (exact) mass is 371 g/mol. The molecule has 4 rings (SSSR count). The number of nitrogens with zero attached hydrogens (tertiary/aromatic N) is 4. The Morgan fingerprint density at radius 2 is 2.07 bits per heavy atom. The molecule has 2 aliphatic rings. The second-order valence-electron chi connectivity index (χ2n) is 8.91. The van der Waals surface area contributed by atoms with Crippen LogP contribution < -0.4 is 4.90 Å². The molecule has 1 amide bonds. The number of nitrogens with one attached hydrogen (secondary N) is 1. The van der Waals surface area contributed by atoms with Gasteiger partial charge in [-0.15, -0.1) is 0 Å². The first-order valence-electron chi connectivity index (χ1n) is 9.80. The van der Waals surface area contributed by atoms with Crippen LogP contribution in [-0.2, 0) is 4.74 Å². The molecular weight excluding hydrogens is 342 g/mol. The third kappa shape index (κ3) is 3.59. The molecule has 2 fully saturated rings. The summed E-state index contributed by atoms with van der Waals surface area (Å²) in [6, 6.07) is 2.47. The molecule has 0 bridgehead atoms. The van der Waals surface area contributed by atoms with Gasteiger partial charge in [-0.1, -0.05) is 0 Å². The highest BCUT2D eigenvalue weighted by molar-refractivity contribution is 5.87. The molecule has 7 heteroatoms. The number of rotatable bonds is 2. The van der Waals surface area contributed by atoms with E-state index in [2.05, 4.69) is 26.9 Å². The smallest absolute Gasteiger partial charge is 0.410 e. The summed E-state index contributed by atoms with van der Waals surface area (Å²) < 4.78 is 5.56. The highest BCUT2D eigenvalue weighted by atomic mass is 16.6. The molecule has 2 aromatic heterocycles. The molecule has 27 heavy (non-hydrogen) atoms. The van der Waals surface area contributed by atoms with Crippen molar-refractivity contribution < 1.29 is 9.53 Å². The second-order valence-corrected chi connectivity index (χ2v) is 8.91. The average Bonchev–Trinajstić information content (AvgIpc) is 3.25. The minimum Gasteiger partial charge on any atom is -0.444 e. The normalized spacial score (nSPS) is 25.5. The number of fused-ring (bicyclic) bond motifs is 2. The van der Waals surface area contributed by atoms with Crippen LogP contribution in [0.5, 0.6) is 0 Å². The highest BCUT2D eigenvalue weighted by Gasteiger charge is 2.41. The predicted octanol–water partition coefficient (Wildman–Crippen LogP) is 3.43. The van der Waals surface area contributed by atoms with Crippen LogP contribution in [0.15, 0.2) is 18.6 Å². The van der Waals surface area contributed by atoms with Crippen LogP contribution in [-0.4, -0.2) is 57.7 Å². The van der Waals surface area contributed by atoms with Crippen molar-refractivity contribution in [3.8, 4) is 0 Å². The topological polar surface area (TPSA) is 74.4 Å². The lowest BCUT2D eigenvalue weighted by atomic mass is 9.89. The van der Waals surface area contributed by atoms with Crippen LogP contribution in [0.1, 0.15) is 40.0 Å². The number of aromatic amines is 1. The van der Waals surface area contributed by atoms with Crippen molar-refractivity contribution in [2.24, 2.45) is 11.8 Å². The molecule has 1 saturated carbocycles. The number of anilines is 1. The number of aromatic nitrogens is 3. The number of carbonyl (C=O) groups is 1. The maximum Gasteiger partial charge on any atom is 0.410 e. The molecule has 2 aromatic rings. The van der Waals surface area contributed by atoms with Crippen molar-refractivity contribution in [3.05, 3.63) is 18.6 Å². The van der Waals surface area contributed by atoms with Crippen molar-refractivity contribution in [1.82, 2.24) is 19.9 Å². The van der Waals surface area contributed by atoms with Crippen molar-refractivity contribution in [2.75, 3.05) is 25.0 Å². The van der Waals surface area contributed by atoms with Crippen molar-refractivity contribution in [1.29, 1.82) is 0 Å². The SMILES string of the molecule is CN(c1ncnc2[nH]ccc12)C1C[C@@H]2CN(C(=O)OC(C)(C)C)CC[C@H]2C1. The van der Waals surface area contributed by atoms with E-state index < -0.39 is 5.60 Å². The Balaban J connectivity index is 1.44. The largest absolute Gasteiger partial charge is 0.444 e. The number of piperidine rings is 1. The Labute approximate surface area is 160 Å². The molecule has 1 N–H and O–H groups in total. The fraction of sp³-hybridized carbons (Fsp3) is 0.650. The van der Waals surface area contributed by atoms with Gasteiger partial charge in [0.05, 0.1) is 5.39 Å². The van der Waals surface area contributed by atoms with Gasteiger partial charge in [0.1, 0.15) is 23.4 Å². The fourth-order valence-corrected chi connectivity index (χ4v) is 4.57. The van der Waals surface area contributed by atoms with Crippen LogP contribution in [0.2, 0.25) is 0 Å². The first kappa shape index (κ1) is 18.1. The average molecular weight is 371 g/mol. The van der Waals surface area contributed by atoms with E-state index >= 15 is 0 Å². The van der Waals surface area contributed by atoms with Crippen molar-refractivity contribution in [3.63, 3.8) is 0 Å². The van der Waals surface area contributed by atoms with E-state index in [0.717, 1.165) is 49.2 Å². The van der Waals surface area contributed by atoms with Crippen LogP contribution in [0.3, 0.4) is 0 Å². The Bertz CT molecular complexity index is 827. The quantitative estimate of drug-likeness (QED) is 0.875. The Kier molecular flexibility index (Phi) is 4.48. The zero-order chi connectivity index (χ0) is 19.2. The van der Waals surface area contributed by atoms with Crippen LogP contribution >= 0.6 is 0 Å². The number of hydrogen-bond acceptors (Lipinski definition) is 5. The number of carbonyl (C=O) groups excluding carboxylic acids is 1. The minimum absolute atomic E-state index is 0.178. The molecule has 0 spiro atoms. The summed E-state index contributed by atoms with van der Waals surface area (Å²) >= 11 is 0. The summed E-state index contributed by atoms with van der Waals surface area (Å²) in [6.07, 6.45) is 6.64. The van der Waals surface area contributed by atoms with Gasteiger partial charge < -0.3 is 19.5 Å². The zero-order valence-corrected chi connectivity index (χ0v) is 16.6. The Hall–Kier alpha value is -2.31. The summed E-state index contributed by atoms with van der Waals surface area (Å²) in [4.78, 5) is 28.6. The van der Waals surface area contributed by atoms with E-state index in [9.17, 15) is 4.79 Å². The fourth-order valence-electron chi connectivity index (χ4n) is 4.57. The van der Waals surface area contributed by atoms with E-state index in [-0.39, 0.29) is 6.09 Å². The molecule has 7 nitrogen and oxygen atoms in total. The highest BCUT2D eigenvalue weighted by Crippen LogP contribution is 2.41. The zero-order valence-electron chi connectivity index (χ0n) is 16.6. The van der Waals surface area contributed by atoms with Gasteiger partial charge in [-0.3, -0.25) is 0 Å². The van der Waals surface area contributed by atoms with Gasteiger partial charge in [0.15, 0.2) is 0 Å². The van der Waals surface area contributed by atoms with Crippen LogP contribution in [0, 0.1) is 11.8 Å². The summed E-state index contributed by atoms with van der Waals surface area (Å²) in [7, 11) is 2.13. The number of H-pyrrole nitrogens is 1. The summed E-state index contributed by atoms with van der Waals surface area (Å²) in [5.41, 5.74) is 0.430. The molecule has 0 radical (unpaired) electrons. The van der Waals surface area contributed by atoms with E-state index in [0.29, 0.717) is 17.9 Å². The van der Waals surface area contributed by atoms with Gasteiger partial charge in [0.25, 0.3) is 0 Å². The molecule has 0 aromatic carbocycles. The maximum atomic E-state index is 12.4. The standard InChI is InChI=1S/C20H29N5O2/c1-20(2,3)27-19(26)25-8-6-13-9-15(10-14(13)11-25)24(4)18-16-5-7-21-17(16)22-12-23-18/h5,7,12-15H,6,8-11H2,1-4H3,(H,21,22,23)/t13-,14+,15?/m0/s1. The third-order valence-electron chi connectivity index (χ3n) is 5.91. The van der Waals surface area contributed by atoms with Crippen LogP contribution in [0.25, 0.3) is 11.0 Å². The van der Waals surface area contributed by atoms with Gasteiger partial charge in [-0.05, 0) is 57.9 Å². The molecule has 1 saturated heterocycles. The third-order valence-corrected chi connectivity index (χ3v) is 5.91. The van der Waals surface area contributed by atoms with Crippen LogP contribution in [0.4, 0.5) is 10.6 Å². The van der Waals surface area contributed by atoms with Gasteiger partial charge >= 0.3 is 6.09 Å². The molecule has 146 valence electrons. The molecule has 3 atom stereocenters. The number of likely N-dealkylation sites (tertiary alicyclic amines) is 1. The maximum absolute atomic E-state index is 12.4. The van der Waals surface area contributed by atoms with Gasteiger partial charge in [-0.25, -0.2) is 14.8 Å². The first-order valence-corrected chi connectivity index (χ1v) is 9.80. The summed E-state index contributed by atoms with van der Waals surface area (Å²) in [6.45, 7) is 7.35.